The van der Waals surface area contributed by atoms with Crippen LogP contribution in [-0.4, -0.2) is 104 Å². The Hall–Kier alpha value is -3.55. The minimum atomic E-state index is -0.346. The predicted molar refractivity (Wildman–Crippen MR) is 178 cm³/mol. The SMILES string of the molecule is O=C=NCCCCCCN1C=CN(CCCCCCN=C=O)C(C2CC(C=O)CC(C=O)CC2C=O)N(CCCCCCN=C=O)C1. The first-order valence-electron chi connectivity index (χ1n) is 17.5. The van der Waals surface area contributed by atoms with Crippen LogP contribution in [0.2, 0.25) is 0 Å². The first-order chi connectivity index (χ1) is 23.1. The average molecular weight is 655 g/mol. The number of rotatable bonds is 25. The number of hydrogen-bond donors (Lipinski definition) is 0. The van der Waals surface area contributed by atoms with E-state index in [1.807, 2.05) is 0 Å². The largest absolute Gasteiger partial charge is 0.363 e. The summed E-state index contributed by atoms with van der Waals surface area (Å²) in [6, 6.07) is 0. The fourth-order valence-corrected chi connectivity index (χ4v) is 6.96. The van der Waals surface area contributed by atoms with Gasteiger partial charge in [0.15, 0.2) is 0 Å². The van der Waals surface area contributed by atoms with E-state index in [4.69, 9.17) is 0 Å². The monoisotopic (exact) mass is 654 g/mol. The Morgan fingerprint density at radius 3 is 1.62 bits per heavy atom. The number of isocyanates is 3. The topological polar surface area (TPSA) is 149 Å². The van der Waals surface area contributed by atoms with Crippen molar-refractivity contribution in [3.63, 3.8) is 0 Å². The zero-order chi connectivity index (χ0) is 34.0. The molecule has 2 aliphatic rings. The van der Waals surface area contributed by atoms with Gasteiger partial charge >= 0.3 is 0 Å². The molecule has 0 radical (unpaired) electrons. The van der Waals surface area contributed by atoms with Crippen molar-refractivity contribution in [3.05, 3.63) is 12.4 Å². The Balaban J connectivity index is 2.31. The average Bonchev–Trinajstić information content (AvgIpc) is 3.38. The highest BCUT2D eigenvalue weighted by Gasteiger charge is 2.42. The second kappa shape index (κ2) is 25.5. The van der Waals surface area contributed by atoms with Gasteiger partial charge in [-0.1, -0.05) is 38.5 Å². The van der Waals surface area contributed by atoms with E-state index >= 15 is 0 Å². The smallest absolute Gasteiger partial charge is 0.234 e. The van der Waals surface area contributed by atoms with Gasteiger partial charge in [0.2, 0.25) is 18.2 Å². The van der Waals surface area contributed by atoms with E-state index in [0.29, 0.717) is 45.6 Å². The summed E-state index contributed by atoms with van der Waals surface area (Å²) < 4.78 is 0. The minimum Gasteiger partial charge on any atom is -0.363 e. The van der Waals surface area contributed by atoms with Gasteiger partial charge in [0.25, 0.3) is 0 Å². The van der Waals surface area contributed by atoms with Crippen LogP contribution in [0.15, 0.2) is 27.4 Å². The van der Waals surface area contributed by atoms with E-state index in [-0.39, 0.29) is 29.8 Å². The fraction of sp³-hybridized carbons (Fsp3) is 0.771. The van der Waals surface area contributed by atoms with Crippen LogP contribution in [0, 0.1) is 23.7 Å². The highest BCUT2D eigenvalue weighted by Crippen LogP contribution is 2.39. The quantitative estimate of drug-likeness (QED) is 0.0453. The molecule has 0 spiro atoms. The lowest BCUT2D eigenvalue weighted by atomic mass is 9.82. The van der Waals surface area contributed by atoms with Crippen molar-refractivity contribution < 1.29 is 28.8 Å². The van der Waals surface area contributed by atoms with Crippen LogP contribution in [-0.2, 0) is 28.8 Å². The van der Waals surface area contributed by atoms with Gasteiger partial charge in [-0.2, -0.15) is 0 Å². The third kappa shape index (κ3) is 15.7. The predicted octanol–water partition coefficient (Wildman–Crippen LogP) is 4.59. The highest BCUT2D eigenvalue weighted by molar-refractivity contribution is 5.61. The van der Waals surface area contributed by atoms with Gasteiger partial charge in [0.05, 0.1) is 32.5 Å². The molecule has 1 aliphatic carbocycles. The Kier molecular flexibility index (Phi) is 21.5. The maximum absolute atomic E-state index is 12.7. The van der Waals surface area contributed by atoms with Crippen molar-refractivity contribution >= 4 is 37.1 Å². The molecule has 0 aromatic heterocycles. The normalized spacial score (nSPS) is 23.0. The molecule has 1 heterocycles. The molecule has 5 atom stereocenters. The van der Waals surface area contributed by atoms with Crippen molar-refractivity contribution in [2.24, 2.45) is 38.6 Å². The molecule has 47 heavy (non-hydrogen) atoms. The van der Waals surface area contributed by atoms with Crippen LogP contribution in [0.5, 0.6) is 0 Å². The van der Waals surface area contributed by atoms with Crippen LogP contribution in [0.3, 0.4) is 0 Å². The molecule has 5 unspecified atom stereocenters. The number of hydrogen-bond acceptors (Lipinski definition) is 12. The van der Waals surface area contributed by atoms with E-state index in [1.165, 1.54) is 0 Å². The number of aldehydes is 3. The standard InChI is InChI=1S/C35H54N6O6/c42-24-31-21-32(25-43)23-34(33(22-31)26-44)35-40(17-11-5-2-8-14-37-28-46)20-19-39(16-10-4-1-7-13-36-27-45)30-41(35)18-12-6-3-9-15-38-29-47/h19-20,24-26,31-35H,1-18,21-23,30H2. The molecule has 1 fully saturated rings. The molecular weight excluding hydrogens is 600 g/mol. The Labute approximate surface area is 279 Å². The number of carbonyl (C=O) groups is 3. The minimum absolute atomic E-state index is 0.125. The molecule has 1 aliphatic heterocycles. The summed E-state index contributed by atoms with van der Waals surface area (Å²) in [5, 5.41) is 0. The third-order valence-corrected chi connectivity index (χ3v) is 9.35. The summed E-state index contributed by atoms with van der Waals surface area (Å²) in [5.41, 5.74) is 0. The van der Waals surface area contributed by atoms with Crippen LogP contribution in [0.1, 0.15) is 96.3 Å². The summed E-state index contributed by atoms with van der Waals surface area (Å²) in [6.07, 6.45) is 24.6. The summed E-state index contributed by atoms with van der Waals surface area (Å²) in [6.45, 7) is 4.59. The van der Waals surface area contributed by atoms with Gasteiger partial charge in [-0.05, 0) is 57.8 Å². The number of unbranched alkanes of at least 4 members (excludes halogenated alkanes) is 9. The van der Waals surface area contributed by atoms with Gasteiger partial charge < -0.3 is 24.2 Å². The zero-order valence-corrected chi connectivity index (χ0v) is 28.0. The van der Waals surface area contributed by atoms with Gasteiger partial charge in [0, 0.05) is 55.7 Å². The third-order valence-electron chi connectivity index (χ3n) is 9.35. The van der Waals surface area contributed by atoms with E-state index in [9.17, 15) is 28.8 Å². The van der Waals surface area contributed by atoms with Crippen LogP contribution in [0.25, 0.3) is 0 Å². The van der Waals surface area contributed by atoms with E-state index in [2.05, 4.69) is 42.1 Å². The number of aliphatic imine (C=N–C) groups is 3. The fourth-order valence-electron chi connectivity index (χ4n) is 6.96. The second-order valence-electron chi connectivity index (χ2n) is 12.8. The summed E-state index contributed by atoms with van der Waals surface area (Å²) in [4.78, 5) is 86.1. The van der Waals surface area contributed by atoms with Crippen molar-refractivity contribution in [1.29, 1.82) is 0 Å². The van der Waals surface area contributed by atoms with E-state index in [0.717, 1.165) is 116 Å². The molecule has 12 nitrogen and oxygen atoms in total. The van der Waals surface area contributed by atoms with Gasteiger partial charge in [-0.25, -0.2) is 29.4 Å². The highest BCUT2D eigenvalue weighted by atomic mass is 16.1. The van der Waals surface area contributed by atoms with Crippen molar-refractivity contribution in [2.75, 3.05) is 45.9 Å². The molecule has 0 amide bonds. The van der Waals surface area contributed by atoms with Crippen LogP contribution >= 0.6 is 0 Å². The number of nitrogens with zero attached hydrogens (tertiary/aromatic N) is 6. The van der Waals surface area contributed by atoms with Crippen molar-refractivity contribution in [3.8, 4) is 0 Å². The lowest BCUT2D eigenvalue weighted by Gasteiger charge is -2.45. The maximum Gasteiger partial charge on any atom is 0.234 e. The van der Waals surface area contributed by atoms with Gasteiger partial charge in [0.1, 0.15) is 18.9 Å². The summed E-state index contributed by atoms with van der Waals surface area (Å²) in [7, 11) is 0. The van der Waals surface area contributed by atoms with Crippen LogP contribution in [0.4, 0.5) is 0 Å². The first kappa shape index (κ1) is 39.6. The molecule has 12 heteroatoms. The van der Waals surface area contributed by atoms with E-state index in [1.54, 1.807) is 18.2 Å². The molecule has 0 aromatic carbocycles. The molecule has 2 rings (SSSR count). The number of carbonyl (C=O) groups excluding carboxylic acids is 6. The van der Waals surface area contributed by atoms with Crippen molar-refractivity contribution in [1.82, 2.24) is 14.7 Å². The molecule has 1 saturated carbocycles. The van der Waals surface area contributed by atoms with Crippen molar-refractivity contribution in [2.45, 2.75) is 102 Å². The Morgan fingerprint density at radius 1 is 0.574 bits per heavy atom. The summed E-state index contributed by atoms with van der Waals surface area (Å²) in [5.74, 6) is -1.07. The van der Waals surface area contributed by atoms with Gasteiger partial charge in [-0.15, -0.1) is 0 Å². The lowest BCUT2D eigenvalue weighted by molar-refractivity contribution is -0.117. The maximum atomic E-state index is 12.7. The molecule has 0 saturated heterocycles. The molecule has 0 bridgehead atoms. The van der Waals surface area contributed by atoms with Gasteiger partial charge in [-0.3, -0.25) is 4.90 Å². The Morgan fingerprint density at radius 2 is 1.09 bits per heavy atom. The zero-order valence-electron chi connectivity index (χ0n) is 28.0. The molecular formula is C35H54N6O6. The van der Waals surface area contributed by atoms with Crippen LogP contribution < -0.4 is 0 Å². The Bertz CT molecular complexity index is 1080. The molecule has 260 valence electrons. The summed E-state index contributed by atoms with van der Waals surface area (Å²) >= 11 is 0. The van der Waals surface area contributed by atoms with E-state index < -0.39 is 0 Å². The first-order valence-corrected chi connectivity index (χ1v) is 17.5. The lowest BCUT2D eigenvalue weighted by Crippen LogP contribution is -2.54. The molecule has 0 aromatic rings. The second-order valence-corrected chi connectivity index (χ2v) is 12.8. The molecule has 0 N–H and O–H groups in total.